The van der Waals surface area contributed by atoms with Crippen molar-refractivity contribution >= 4 is 43.4 Å². The third-order valence-electron chi connectivity index (χ3n) is 5.75. The van der Waals surface area contributed by atoms with Gasteiger partial charge in [-0.1, -0.05) is 30.3 Å². The Bertz CT molecular complexity index is 1560. The smallest absolute Gasteiger partial charge is 0.408 e. The van der Waals surface area contributed by atoms with Gasteiger partial charge in [0.1, 0.15) is 17.0 Å². The maximum atomic E-state index is 15.0. The summed E-state index contributed by atoms with van der Waals surface area (Å²) in [7, 11) is -4.30. The molecular weight excluding hydrogens is 481 g/mol. The van der Waals surface area contributed by atoms with Gasteiger partial charge in [-0.25, -0.2) is 22.6 Å². The first-order chi connectivity index (χ1) is 16.3. The van der Waals surface area contributed by atoms with Crippen molar-refractivity contribution in [3.8, 4) is 0 Å². The summed E-state index contributed by atoms with van der Waals surface area (Å²) >= 11 is 0.815. The molecule has 34 heavy (non-hydrogen) atoms. The van der Waals surface area contributed by atoms with E-state index in [2.05, 4.69) is 25.5 Å². The van der Waals surface area contributed by atoms with Gasteiger partial charge < -0.3 is 9.73 Å². The van der Waals surface area contributed by atoms with E-state index in [1.807, 2.05) is 31.2 Å². The normalized spacial score (nSPS) is 15.3. The van der Waals surface area contributed by atoms with Gasteiger partial charge in [0.2, 0.25) is 5.13 Å². The highest BCUT2D eigenvalue weighted by molar-refractivity contribution is 7.93. The number of sulfonamides is 1. The fraction of sp³-hybridized carbons (Fsp3) is 0.227. The summed E-state index contributed by atoms with van der Waals surface area (Å²) in [5.74, 6) is -1.72. The third kappa shape index (κ3) is 4.04. The Morgan fingerprint density at radius 3 is 2.85 bits per heavy atom. The SMILES string of the molecule is C[C@H](c1ccccc1C1=CCNCC1)n1c(=O)oc2cc(S(=O)(=O)Nc3ncns3)c(F)cc21. The second kappa shape index (κ2) is 8.78. The van der Waals surface area contributed by atoms with Gasteiger partial charge in [-0.3, -0.25) is 9.29 Å². The molecule has 9 nitrogen and oxygen atoms in total. The van der Waals surface area contributed by atoms with Crippen LogP contribution in [0.15, 0.2) is 62.9 Å². The predicted octanol–water partition coefficient (Wildman–Crippen LogP) is 3.37. The topological polar surface area (TPSA) is 119 Å². The van der Waals surface area contributed by atoms with Crippen molar-refractivity contribution in [2.45, 2.75) is 24.3 Å². The molecular formula is C22H20FN5O4S2. The zero-order valence-electron chi connectivity index (χ0n) is 18.0. The molecule has 3 heterocycles. The standard InChI is InChI=1S/C22H20FN5O4S2/c1-13(15-4-2-3-5-16(15)14-6-8-24-9-7-14)28-18-10-17(23)20(11-19(18)32-22(28)29)34(30,31)27-21-25-12-26-33-21/h2-6,10-13,24H,7-9H2,1H3,(H,25,26,27)/t13-/m1/s1. The van der Waals surface area contributed by atoms with Crippen molar-refractivity contribution in [3.05, 3.63) is 76.3 Å². The maximum absolute atomic E-state index is 15.0. The van der Waals surface area contributed by atoms with E-state index in [-0.39, 0.29) is 16.2 Å². The first-order valence-electron chi connectivity index (χ1n) is 10.5. The van der Waals surface area contributed by atoms with Crippen LogP contribution in [0, 0.1) is 5.82 Å². The fourth-order valence-electron chi connectivity index (χ4n) is 4.16. The Morgan fingerprint density at radius 2 is 2.12 bits per heavy atom. The van der Waals surface area contributed by atoms with E-state index in [1.165, 1.54) is 16.5 Å². The zero-order chi connectivity index (χ0) is 23.9. The highest BCUT2D eigenvalue weighted by Gasteiger charge is 2.26. The minimum atomic E-state index is -4.30. The largest absolute Gasteiger partial charge is 0.420 e. The van der Waals surface area contributed by atoms with Crippen molar-refractivity contribution in [1.29, 1.82) is 0 Å². The summed E-state index contributed by atoms with van der Waals surface area (Å²) in [5, 5.41) is 3.28. The number of rotatable bonds is 6. The average Bonchev–Trinajstić information content (AvgIpc) is 3.44. The van der Waals surface area contributed by atoms with E-state index >= 15 is 4.39 Å². The molecule has 0 radical (unpaired) electrons. The Labute approximate surface area is 198 Å². The van der Waals surface area contributed by atoms with E-state index < -0.39 is 32.5 Å². The lowest BCUT2D eigenvalue weighted by Gasteiger charge is -2.21. The van der Waals surface area contributed by atoms with Crippen LogP contribution in [0.2, 0.25) is 0 Å². The molecule has 0 saturated heterocycles. The van der Waals surface area contributed by atoms with Crippen LogP contribution in [0.1, 0.15) is 30.5 Å². The van der Waals surface area contributed by atoms with Gasteiger partial charge in [0.15, 0.2) is 5.58 Å². The van der Waals surface area contributed by atoms with Gasteiger partial charge in [-0.15, -0.1) is 0 Å². The number of oxazole rings is 1. The lowest BCUT2D eigenvalue weighted by Crippen LogP contribution is -2.22. The Kier molecular flexibility index (Phi) is 5.80. The number of hydrogen-bond donors (Lipinski definition) is 2. The summed E-state index contributed by atoms with van der Waals surface area (Å²) in [6.07, 6.45) is 4.15. The summed E-state index contributed by atoms with van der Waals surface area (Å²) in [5.41, 5.74) is 3.20. The second-order valence-corrected chi connectivity index (χ2v) is 10.2. The van der Waals surface area contributed by atoms with Crippen LogP contribution < -0.4 is 15.8 Å². The third-order valence-corrected chi connectivity index (χ3v) is 7.81. The van der Waals surface area contributed by atoms with Gasteiger partial charge in [0, 0.05) is 30.2 Å². The van der Waals surface area contributed by atoms with Crippen LogP contribution in [-0.2, 0) is 10.0 Å². The summed E-state index contributed by atoms with van der Waals surface area (Å²) in [6.45, 7) is 3.45. The molecule has 4 aromatic rings. The Balaban J connectivity index is 1.59. The molecule has 5 rings (SSSR count). The molecule has 0 bridgehead atoms. The Morgan fingerprint density at radius 1 is 1.29 bits per heavy atom. The number of halogens is 1. The van der Waals surface area contributed by atoms with Crippen LogP contribution in [0.25, 0.3) is 16.7 Å². The van der Waals surface area contributed by atoms with Crippen molar-refractivity contribution < 1.29 is 17.2 Å². The lowest BCUT2D eigenvalue weighted by molar-refractivity contribution is 0.489. The number of hydrogen-bond acceptors (Lipinski definition) is 8. The maximum Gasteiger partial charge on any atom is 0.420 e. The average molecular weight is 502 g/mol. The van der Waals surface area contributed by atoms with E-state index in [9.17, 15) is 13.2 Å². The molecule has 2 aromatic heterocycles. The predicted molar refractivity (Wildman–Crippen MR) is 127 cm³/mol. The molecule has 1 aliphatic rings. The Hall–Kier alpha value is -3.35. The summed E-state index contributed by atoms with van der Waals surface area (Å²) in [6, 6.07) is 9.29. The van der Waals surface area contributed by atoms with E-state index in [4.69, 9.17) is 4.42 Å². The van der Waals surface area contributed by atoms with E-state index in [1.54, 1.807) is 0 Å². The molecule has 1 aliphatic heterocycles. The highest BCUT2D eigenvalue weighted by atomic mass is 32.2. The van der Waals surface area contributed by atoms with Gasteiger partial charge in [0.05, 0.1) is 11.6 Å². The molecule has 0 saturated carbocycles. The van der Waals surface area contributed by atoms with Crippen molar-refractivity contribution in [3.63, 3.8) is 0 Å². The molecule has 2 aromatic carbocycles. The van der Waals surface area contributed by atoms with Crippen LogP contribution in [-0.4, -0.2) is 35.4 Å². The molecule has 0 spiro atoms. The van der Waals surface area contributed by atoms with Crippen molar-refractivity contribution in [2.75, 3.05) is 17.8 Å². The molecule has 176 valence electrons. The van der Waals surface area contributed by atoms with Crippen LogP contribution in [0.3, 0.4) is 0 Å². The molecule has 0 unspecified atom stereocenters. The van der Waals surface area contributed by atoms with E-state index in [0.29, 0.717) is 0 Å². The molecule has 1 atom stereocenters. The fourth-order valence-corrected chi connectivity index (χ4v) is 5.89. The van der Waals surface area contributed by atoms with Gasteiger partial charge in [-0.2, -0.15) is 4.37 Å². The number of anilines is 1. The van der Waals surface area contributed by atoms with Gasteiger partial charge >= 0.3 is 5.76 Å². The van der Waals surface area contributed by atoms with Crippen LogP contribution in [0.5, 0.6) is 0 Å². The number of aromatic nitrogens is 3. The van der Waals surface area contributed by atoms with Gasteiger partial charge in [0.25, 0.3) is 10.0 Å². The number of fused-ring (bicyclic) bond motifs is 1. The number of nitrogens with one attached hydrogen (secondary N) is 2. The van der Waals surface area contributed by atoms with Crippen molar-refractivity contribution in [2.24, 2.45) is 0 Å². The van der Waals surface area contributed by atoms with Gasteiger partial charge in [-0.05, 0) is 36.6 Å². The first-order valence-corrected chi connectivity index (χ1v) is 12.7. The van der Waals surface area contributed by atoms with Crippen LogP contribution in [0.4, 0.5) is 9.52 Å². The minimum Gasteiger partial charge on any atom is -0.408 e. The number of nitrogens with zero attached hydrogens (tertiary/aromatic N) is 3. The number of benzene rings is 2. The highest BCUT2D eigenvalue weighted by Crippen LogP contribution is 2.32. The summed E-state index contributed by atoms with van der Waals surface area (Å²) in [4.78, 5) is 15.9. The van der Waals surface area contributed by atoms with E-state index in [0.717, 1.165) is 54.3 Å². The second-order valence-electron chi connectivity index (χ2n) is 7.79. The minimum absolute atomic E-state index is 0.00373. The van der Waals surface area contributed by atoms with Crippen molar-refractivity contribution in [1.82, 2.24) is 19.2 Å². The molecule has 2 N–H and O–H groups in total. The zero-order valence-corrected chi connectivity index (χ0v) is 19.6. The van der Waals surface area contributed by atoms with Crippen LogP contribution >= 0.6 is 11.5 Å². The lowest BCUT2D eigenvalue weighted by atomic mass is 9.92. The molecule has 0 fully saturated rings. The first kappa shape index (κ1) is 22.4. The molecule has 12 heteroatoms. The quantitative estimate of drug-likeness (QED) is 0.416. The summed E-state index contributed by atoms with van der Waals surface area (Å²) < 4.78 is 53.0. The molecule has 0 aliphatic carbocycles. The molecule has 0 amide bonds. The monoisotopic (exact) mass is 501 g/mol.